The third-order valence-corrected chi connectivity index (χ3v) is 3.64. The number of nitrogen functional groups attached to an aromatic ring is 1. The smallest absolute Gasteiger partial charge is 0.289 e. The summed E-state index contributed by atoms with van der Waals surface area (Å²) in [5.74, 6) is 5.15. The molecule has 1 rings (SSSR count). The predicted molar refractivity (Wildman–Crippen MR) is 66.4 cm³/mol. The predicted octanol–water partition coefficient (Wildman–Crippen LogP) is 0.569. The Labute approximate surface area is 104 Å². The summed E-state index contributed by atoms with van der Waals surface area (Å²) in [5, 5.41) is 10.8. The molecule has 1 aromatic carbocycles. The second-order valence-electron chi connectivity index (χ2n) is 3.48. The average Bonchev–Trinajstić information content (AvgIpc) is 2.35. The first-order valence-electron chi connectivity index (χ1n) is 5.17. The van der Waals surface area contributed by atoms with E-state index in [0.29, 0.717) is 6.42 Å². The summed E-state index contributed by atoms with van der Waals surface area (Å²) in [6.45, 7) is 1.99. The minimum Gasteiger partial charge on any atom is -0.324 e. The van der Waals surface area contributed by atoms with Gasteiger partial charge >= 0.3 is 0 Å². The zero-order chi connectivity index (χ0) is 13.8. The van der Waals surface area contributed by atoms with E-state index in [1.54, 1.807) is 6.92 Å². The molecule has 0 radical (unpaired) electrons. The highest BCUT2D eigenvalue weighted by Gasteiger charge is 2.25. The molecule has 0 fully saturated rings. The fourth-order valence-corrected chi connectivity index (χ4v) is 2.61. The number of sulfonamides is 1. The third kappa shape index (κ3) is 3.15. The van der Waals surface area contributed by atoms with Crippen molar-refractivity contribution in [2.24, 2.45) is 5.84 Å². The molecule has 0 aliphatic rings. The first-order chi connectivity index (χ1) is 8.42. The molecule has 8 nitrogen and oxygen atoms in total. The lowest BCUT2D eigenvalue weighted by molar-refractivity contribution is -0.387. The van der Waals surface area contributed by atoms with Gasteiger partial charge in [0.2, 0.25) is 10.0 Å². The van der Waals surface area contributed by atoms with Crippen LogP contribution in [-0.2, 0) is 10.0 Å². The standard InChI is InChI=1S/C9H14N4O4S/c1-2-5-11-18(16,17)9-6-7(12-10)3-4-8(9)13(14)15/h3-4,6,11-12H,2,5,10H2,1H3. The average molecular weight is 274 g/mol. The highest BCUT2D eigenvalue weighted by molar-refractivity contribution is 7.89. The van der Waals surface area contributed by atoms with Crippen LogP contribution in [0.1, 0.15) is 13.3 Å². The van der Waals surface area contributed by atoms with Crippen molar-refractivity contribution in [1.82, 2.24) is 4.72 Å². The number of hydrogen-bond donors (Lipinski definition) is 3. The van der Waals surface area contributed by atoms with Crippen molar-refractivity contribution in [3.05, 3.63) is 28.3 Å². The van der Waals surface area contributed by atoms with Crippen LogP contribution in [0.25, 0.3) is 0 Å². The lowest BCUT2D eigenvalue weighted by Crippen LogP contribution is -2.25. The van der Waals surface area contributed by atoms with Gasteiger partial charge in [0.1, 0.15) is 0 Å². The summed E-state index contributed by atoms with van der Waals surface area (Å²) < 4.78 is 26.1. The Morgan fingerprint density at radius 2 is 2.11 bits per heavy atom. The topological polar surface area (TPSA) is 127 Å². The van der Waals surface area contributed by atoms with Gasteiger partial charge < -0.3 is 5.43 Å². The minimum absolute atomic E-state index is 0.208. The lowest BCUT2D eigenvalue weighted by atomic mass is 10.3. The highest BCUT2D eigenvalue weighted by atomic mass is 32.2. The van der Waals surface area contributed by atoms with E-state index in [1.165, 1.54) is 6.07 Å². The Balaban J connectivity index is 3.31. The summed E-state index contributed by atoms with van der Waals surface area (Å²) in [5.41, 5.74) is 2.03. The Morgan fingerprint density at radius 3 is 2.61 bits per heavy atom. The van der Waals surface area contributed by atoms with Crippen LogP contribution in [0, 0.1) is 10.1 Å². The summed E-state index contributed by atoms with van der Waals surface area (Å²) in [4.78, 5) is 9.65. The molecule has 4 N–H and O–H groups in total. The van der Waals surface area contributed by atoms with Crippen molar-refractivity contribution in [2.45, 2.75) is 18.2 Å². The van der Waals surface area contributed by atoms with E-state index >= 15 is 0 Å². The quantitative estimate of drug-likeness (QED) is 0.395. The monoisotopic (exact) mass is 274 g/mol. The number of nitro benzene ring substituents is 1. The number of nitro groups is 1. The van der Waals surface area contributed by atoms with Gasteiger partial charge in [0.05, 0.1) is 10.6 Å². The maximum absolute atomic E-state index is 11.9. The number of rotatable bonds is 6. The number of benzene rings is 1. The molecule has 0 saturated heterocycles. The SMILES string of the molecule is CCCNS(=O)(=O)c1cc(NN)ccc1[N+](=O)[O-]. The zero-order valence-electron chi connectivity index (χ0n) is 9.71. The molecule has 0 aliphatic carbocycles. The Hall–Kier alpha value is -1.71. The fourth-order valence-electron chi connectivity index (χ4n) is 1.28. The molecular weight excluding hydrogens is 260 g/mol. The van der Waals surface area contributed by atoms with E-state index < -0.39 is 25.5 Å². The van der Waals surface area contributed by atoms with Gasteiger partial charge in [-0.1, -0.05) is 6.92 Å². The first-order valence-corrected chi connectivity index (χ1v) is 6.65. The molecule has 18 heavy (non-hydrogen) atoms. The van der Waals surface area contributed by atoms with Crippen molar-refractivity contribution >= 4 is 21.4 Å². The number of hydrogen-bond acceptors (Lipinski definition) is 6. The second-order valence-corrected chi connectivity index (χ2v) is 5.22. The maximum Gasteiger partial charge on any atom is 0.289 e. The molecule has 9 heteroatoms. The Bertz CT molecular complexity index is 543. The van der Waals surface area contributed by atoms with Gasteiger partial charge in [-0.25, -0.2) is 13.1 Å². The van der Waals surface area contributed by atoms with E-state index in [9.17, 15) is 18.5 Å². The molecule has 0 unspecified atom stereocenters. The van der Waals surface area contributed by atoms with Gasteiger partial charge in [0, 0.05) is 12.6 Å². The van der Waals surface area contributed by atoms with Crippen molar-refractivity contribution in [3.8, 4) is 0 Å². The molecule has 0 amide bonds. The third-order valence-electron chi connectivity index (χ3n) is 2.15. The van der Waals surface area contributed by atoms with Crippen LogP contribution in [0.5, 0.6) is 0 Å². The molecule has 0 spiro atoms. The van der Waals surface area contributed by atoms with Crippen LogP contribution in [0.2, 0.25) is 0 Å². The van der Waals surface area contributed by atoms with Crippen LogP contribution in [0.15, 0.2) is 23.1 Å². The maximum atomic E-state index is 11.9. The van der Waals surface area contributed by atoms with Gasteiger partial charge in [-0.15, -0.1) is 0 Å². The highest BCUT2D eigenvalue weighted by Crippen LogP contribution is 2.26. The summed E-state index contributed by atoms with van der Waals surface area (Å²) in [6, 6.07) is 3.54. The molecule has 0 heterocycles. The van der Waals surface area contributed by atoms with Gasteiger partial charge in [0.15, 0.2) is 4.90 Å². The van der Waals surface area contributed by atoms with Crippen LogP contribution >= 0.6 is 0 Å². The van der Waals surface area contributed by atoms with E-state index in [4.69, 9.17) is 5.84 Å². The van der Waals surface area contributed by atoms with Crippen LogP contribution < -0.4 is 16.0 Å². The molecule has 1 aromatic rings. The normalized spacial score (nSPS) is 11.2. The Kier molecular flexibility index (Phi) is 4.59. The van der Waals surface area contributed by atoms with Gasteiger partial charge in [0.25, 0.3) is 5.69 Å². The summed E-state index contributed by atoms with van der Waals surface area (Å²) >= 11 is 0. The van der Waals surface area contributed by atoms with Crippen LogP contribution in [0.3, 0.4) is 0 Å². The van der Waals surface area contributed by atoms with Gasteiger partial charge in [-0.2, -0.15) is 0 Å². The van der Waals surface area contributed by atoms with E-state index in [-0.39, 0.29) is 12.2 Å². The van der Waals surface area contributed by atoms with Crippen LogP contribution in [-0.4, -0.2) is 19.9 Å². The van der Waals surface area contributed by atoms with E-state index in [2.05, 4.69) is 10.1 Å². The Morgan fingerprint density at radius 1 is 1.44 bits per heavy atom. The van der Waals surface area contributed by atoms with Crippen molar-refractivity contribution in [3.63, 3.8) is 0 Å². The summed E-state index contributed by atoms with van der Waals surface area (Å²) in [6.07, 6.45) is 0.585. The summed E-state index contributed by atoms with van der Waals surface area (Å²) in [7, 11) is -3.92. The second kappa shape index (κ2) is 5.76. The molecule has 0 aromatic heterocycles. The molecule has 0 atom stereocenters. The fraction of sp³-hybridized carbons (Fsp3) is 0.333. The first kappa shape index (κ1) is 14.4. The van der Waals surface area contributed by atoms with Gasteiger partial charge in [-0.3, -0.25) is 16.0 Å². The molecule has 0 bridgehead atoms. The molecule has 0 aliphatic heterocycles. The van der Waals surface area contributed by atoms with E-state index in [0.717, 1.165) is 12.1 Å². The number of anilines is 1. The van der Waals surface area contributed by atoms with E-state index in [1.807, 2.05) is 0 Å². The van der Waals surface area contributed by atoms with Gasteiger partial charge in [-0.05, 0) is 18.6 Å². The largest absolute Gasteiger partial charge is 0.324 e. The molecular formula is C9H14N4O4S. The van der Waals surface area contributed by atoms with Crippen LogP contribution in [0.4, 0.5) is 11.4 Å². The molecule has 100 valence electrons. The number of hydrazine groups is 1. The van der Waals surface area contributed by atoms with Crippen molar-refractivity contribution < 1.29 is 13.3 Å². The molecule has 0 saturated carbocycles. The number of nitrogens with two attached hydrogens (primary N) is 1. The minimum atomic E-state index is -3.92. The lowest BCUT2D eigenvalue weighted by Gasteiger charge is -2.08. The number of nitrogens with one attached hydrogen (secondary N) is 2. The van der Waals surface area contributed by atoms with Crippen molar-refractivity contribution in [2.75, 3.05) is 12.0 Å². The zero-order valence-corrected chi connectivity index (χ0v) is 10.5. The number of nitrogens with zero attached hydrogens (tertiary/aromatic N) is 1. The van der Waals surface area contributed by atoms with Crippen molar-refractivity contribution in [1.29, 1.82) is 0 Å².